The first-order valence-corrected chi connectivity index (χ1v) is 4.60. The average Bonchev–Trinajstić information content (AvgIpc) is 2.81. The first-order chi connectivity index (χ1) is 7.81. The lowest BCUT2D eigenvalue weighted by molar-refractivity contribution is 0.102. The van der Waals surface area contributed by atoms with Crippen molar-refractivity contribution in [2.75, 3.05) is 12.4 Å². The second kappa shape index (κ2) is 4.43. The van der Waals surface area contributed by atoms with E-state index in [0.29, 0.717) is 17.1 Å². The topological polar surface area (TPSA) is 79.9 Å². The van der Waals surface area contributed by atoms with E-state index >= 15 is 0 Å². The smallest absolute Gasteiger partial charge is 0.261 e. The Labute approximate surface area is 91.7 Å². The van der Waals surface area contributed by atoms with Gasteiger partial charge in [0.1, 0.15) is 5.56 Å². The second-order valence-corrected chi connectivity index (χ2v) is 3.00. The van der Waals surface area contributed by atoms with Gasteiger partial charge in [0.25, 0.3) is 5.91 Å². The number of pyridine rings is 1. The molecule has 0 saturated heterocycles. The maximum absolute atomic E-state index is 11.8. The van der Waals surface area contributed by atoms with Gasteiger partial charge in [-0.2, -0.15) is 5.10 Å². The van der Waals surface area contributed by atoms with Gasteiger partial charge in [-0.1, -0.05) is 0 Å². The van der Waals surface area contributed by atoms with Gasteiger partial charge in [0.05, 0.1) is 19.0 Å². The van der Waals surface area contributed by atoms with Crippen LogP contribution in [0, 0.1) is 0 Å². The molecule has 0 aliphatic carbocycles. The van der Waals surface area contributed by atoms with Gasteiger partial charge in [-0.25, -0.2) is 4.98 Å². The van der Waals surface area contributed by atoms with Crippen molar-refractivity contribution in [2.45, 2.75) is 0 Å². The summed E-state index contributed by atoms with van der Waals surface area (Å²) >= 11 is 0. The van der Waals surface area contributed by atoms with Crippen LogP contribution in [0.4, 0.5) is 5.69 Å². The molecule has 0 unspecified atom stereocenters. The maximum atomic E-state index is 11.8. The van der Waals surface area contributed by atoms with Crippen LogP contribution in [0.5, 0.6) is 5.88 Å². The summed E-state index contributed by atoms with van der Waals surface area (Å²) < 4.78 is 4.99. The van der Waals surface area contributed by atoms with Crippen LogP contribution in [-0.2, 0) is 0 Å². The normalized spacial score (nSPS) is 9.81. The molecule has 2 aromatic rings. The molecule has 2 heterocycles. The van der Waals surface area contributed by atoms with Crippen LogP contribution < -0.4 is 10.1 Å². The molecule has 16 heavy (non-hydrogen) atoms. The molecule has 0 spiro atoms. The summed E-state index contributed by atoms with van der Waals surface area (Å²) in [7, 11) is 1.47. The van der Waals surface area contributed by atoms with Crippen molar-refractivity contribution in [3.05, 3.63) is 36.3 Å². The number of carbonyl (C=O) groups is 1. The number of aromatic amines is 1. The molecule has 2 rings (SSSR count). The Balaban J connectivity index is 2.21. The van der Waals surface area contributed by atoms with Crippen LogP contribution in [-0.4, -0.2) is 28.2 Å². The number of carbonyl (C=O) groups excluding carboxylic acids is 1. The standard InChI is InChI=1S/C10H10N4O2/c1-16-10-8(3-2-4-11-10)9(15)14-7-5-12-13-6-7/h2-6H,1H3,(H,12,13)(H,14,15). The number of aromatic nitrogens is 3. The van der Waals surface area contributed by atoms with Crippen molar-refractivity contribution in [2.24, 2.45) is 0 Å². The molecule has 0 atom stereocenters. The molecular weight excluding hydrogens is 208 g/mol. The summed E-state index contributed by atoms with van der Waals surface area (Å²) in [5.74, 6) is 0.00912. The van der Waals surface area contributed by atoms with Gasteiger partial charge in [0.15, 0.2) is 0 Å². The van der Waals surface area contributed by atoms with Gasteiger partial charge in [-0.15, -0.1) is 0 Å². The Morgan fingerprint density at radius 2 is 2.44 bits per heavy atom. The van der Waals surface area contributed by atoms with Crippen LogP contribution in [0.25, 0.3) is 0 Å². The van der Waals surface area contributed by atoms with E-state index in [1.165, 1.54) is 13.3 Å². The van der Waals surface area contributed by atoms with Crippen molar-refractivity contribution in [3.8, 4) is 5.88 Å². The molecule has 2 N–H and O–H groups in total. The fraction of sp³-hybridized carbons (Fsp3) is 0.100. The Morgan fingerprint density at radius 1 is 1.56 bits per heavy atom. The number of amides is 1. The van der Waals surface area contributed by atoms with E-state index in [9.17, 15) is 4.79 Å². The van der Waals surface area contributed by atoms with Crippen molar-refractivity contribution in [3.63, 3.8) is 0 Å². The molecule has 6 heteroatoms. The van der Waals surface area contributed by atoms with Crippen LogP contribution in [0.15, 0.2) is 30.7 Å². The highest BCUT2D eigenvalue weighted by Crippen LogP contribution is 2.15. The predicted molar refractivity (Wildman–Crippen MR) is 57.3 cm³/mol. The number of hydrogen-bond acceptors (Lipinski definition) is 4. The molecule has 0 saturated carbocycles. The van der Waals surface area contributed by atoms with Crippen LogP contribution >= 0.6 is 0 Å². The third-order valence-electron chi connectivity index (χ3n) is 1.97. The van der Waals surface area contributed by atoms with Gasteiger partial charge in [0, 0.05) is 12.4 Å². The molecule has 6 nitrogen and oxygen atoms in total. The number of hydrogen-bond donors (Lipinski definition) is 2. The Morgan fingerprint density at radius 3 is 3.12 bits per heavy atom. The van der Waals surface area contributed by atoms with Gasteiger partial charge in [0.2, 0.25) is 5.88 Å². The summed E-state index contributed by atoms with van der Waals surface area (Å²) in [5, 5.41) is 8.99. The van der Waals surface area contributed by atoms with Crippen LogP contribution in [0.1, 0.15) is 10.4 Å². The highest BCUT2D eigenvalue weighted by Gasteiger charge is 2.12. The predicted octanol–water partition coefficient (Wildman–Crippen LogP) is 1.07. The summed E-state index contributed by atoms with van der Waals surface area (Å²) in [6.07, 6.45) is 4.66. The van der Waals surface area contributed by atoms with Crippen LogP contribution in [0.3, 0.4) is 0 Å². The fourth-order valence-corrected chi connectivity index (χ4v) is 1.24. The van der Waals surface area contributed by atoms with Crippen molar-refractivity contribution in [1.82, 2.24) is 15.2 Å². The molecule has 0 bridgehead atoms. The minimum absolute atomic E-state index is 0.286. The zero-order valence-corrected chi connectivity index (χ0v) is 8.60. The highest BCUT2D eigenvalue weighted by molar-refractivity contribution is 6.05. The number of nitrogens with zero attached hydrogens (tertiary/aromatic N) is 2. The molecule has 1 amide bonds. The lowest BCUT2D eigenvalue weighted by Gasteiger charge is -2.06. The first-order valence-electron chi connectivity index (χ1n) is 4.60. The molecule has 0 radical (unpaired) electrons. The van der Waals surface area contributed by atoms with E-state index in [1.807, 2.05) is 0 Å². The monoisotopic (exact) mass is 218 g/mol. The minimum atomic E-state index is -0.286. The van der Waals surface area contributed by atoms with E-state index in [1.54, 1.807) is 24.5 Å². The quantitative estimate of drug-likeness (QED) is 0.807. The van der Waals surface area contributed by atoms with Gasteiger partial charge in [-0.3, -0.25) is 9.89 Å². The zero-order valence-electron chi connectivity index (χ0n) is 8.60. The van der Waals surface area contributed by atoms with Crippen LogP contribution in [0.2, 0.25) is 0 Å². The number of rotatable bonds is 3. The maximum Gasteiger partial charge on any atom is 0.261 e. The molecular formula is C10H10N4O2. The molecule has 0 aliphatic rings. The fourth-order valence-electron chi connectivity index (χ4n) is 1.24. The first kappa shape index (κ1) is 10.2. The van der Waals surface area contributed by atoms with Gasteiger partial charge >= 0.3 is 0 Å². The van der Waals surface area contributed by atoms with Gasteiger partial charge in [-0.05, 0) is 12.1 Å². The van der Waals surface area contributed by atoms with E-state index in [0.717, 1.165) is 0 Å². The molecule has 0 fully saturated rings. The lowest BCUT2D eigenvalue weighted by Crippen LogP contribution is -2.13. The lowest BCUT2D eigenvalue weighted by atomic mass is 10.2. The Kier molecular flexibility index (Phi) is 2.81. The largest absolute Gasteiger partial charge is 0.480 e. The Hall–Kier alpha value is -2.37. The van der Waals surface area contributed by atoms with E-state index in [-0.39, 0.29) is 5.91 Å². The Bertz CT molecular complexity index is 481. The van der Waals surface area contributed by atoms with Crippen molar-refractivity contribution >= 4 is 11.6 Å². The zero-order chi connectivity index (χ0) is 11.4. The molecule has 2 aromatic heterocycles. The summed E-state index contributed by atoms with van der Waals surface area (Å²) in [6.45, 7) is 0. The molecule has 0 aliphatic heterocycles. The summed E-state index contributed by atoms with van der Waals surface area (Å²) in [5.41, 5.74) is 0.974. The number of nitrogens with one attached hydrogen (secondary N) is 2. The number of anilines is 1. The van der Waals surface area contributed by atoms with E-state index < -0.39 is 0 Å². The van der Waals surface area contributed by atoms with Gasteiger partial charge < -0.3 is 10.1 Å². The summed E-state index contributed by atoms with van der Waals surface area (Å²) in [4.78, 5) is 15.8. The third kappa shape index (κ3) is 2.00. The van der Waals surface area contributed by atoms with E-state index in [2.05, 4.69) is 20.5 Å². The van der Waals surface area contributed by atoms with Crippen molar-refractivity contribution < 1.29 is 9.53 Å². The molecule has 82 valence electrons. The SMILES string of the molecule is COc1ncccc1C(=O)Nc1cn[nH]c1. The molecule has 0 aromatic carbocycles. The van der Waals surface area contributed by atoms with Crippen molar-refractivity contribution in [1.29, 1.82) is 0 Å². The minimum Gasteiger partial charge on any atom is -0.480 e. The third-order valence-corrected chi connectivity index (χ3v) is 1.97. The highest BCUT2D eigenvalue weighted by atomic mass is 16.5. The average molecular weight is 218 g/mol. The second-order valence-electron chi connectivity index (χ2n) is 3.00. The summed E-state index contributed by atoms with van der Waals surface area (Å²) in [6, 6.07) is 3.31. The number of ether oxygens (including phenoxy) is 1. The number of methoxy groups -OCH3 is 1. The number of H-pyrrole nitrogens is 1. The van der Waals surface area contributed by atoms with E-state index in [4.69, 9.17) is 4.74 Å².